The smallest absolute Gasteiger partial charge is 0.393 e. The fourth-order valence-corrected chi connectivity index (χ4v) is 1.55. The van der Waals surface area contributed by atoms with E-state index in [1.165, 1.54) is 0 Å². The molecule has 0 aliphatic rings. The minimum absolute atomic E-state index is 0.0591. The van der Waals surface area contributed by atoms with Crippen LogP contribution in [0.4, 0.5) is 13.2 Å². The molecule has 2 N–H and O–H groups in total. The van der Waals surface area contributed by atoms with Crippen LogP contribution in [0.1, 0.15) is 20.3 Å². The largest absolute Gasteiger partial charge is 0.411 e. The Morgan fingerprint density at radius 2 is 1.94 bits per heavy atom. The van der Waals surface area contributed by atoms with Crippen molar-refractivity contribution in [3.63, 3.8) is 0 Å². The lowest BCUT2D eigenvalue weighted by atomic mass is 10.2. The topological polar surface area (TPSA) is 38.5 Å². The number of rotatable bonds is 9. The third kappa shape index (κ3) is 12.1. The summed E-state index contributed by atoms with van der Waals surface area (Å²) in [5, 5.41) is 0. The molecule has 0 spiro atoms. The van der Waals surface area contributed by atoms with E-state index in [9.17, 15) is 13.2 Å². The number of ether oxygens (including phenoxy) is 1. The lowest BCUT2D eigenvalue weighted by Gasteiger charge is -2.24. The van der Waals surface area contributed by atoms with Gasteiger partial charge in [-0.2, -0.15) is 13.2 Å². The molecule has 0 saturated carbocycles. The van der Waals surface area contributed by atoms with Crippen molar-refractivity contribution in [1.29, 1.82) is 0 Å². The number of nitrogens with two attached hydrogens (primary N) is 1. The maximum atomic E-state index is 11.9. The van der Waals surface area contributed by atoms with Crippen molar-refractivity contribution in [1.82, 2.24) is 4.90 Å². The van der Waals surface area contributed by atoms with Gasteiger partial charge in [0, 0.05) is 26.1 Å². The lowest BCUT2D eigenvalue weighted by molar-refractivity contribution is -0.174. The zero-order chi connectivity index (χ0) is 14.2. The maximum Gasteiger partial charge on any atom is 0.411 e. The van der Waals surface area contributed by atoms with Crippen LogP contribution in [0.5, 0.6) is 0 Å². The van der Waals surface area contributed by atoms with Gasteiger partial charge < -0.3 is 15.4 Å². The van der Waals surface area contributed by atoms with Crippen LogP contribution in [-0.4, -0.2) is 48.9 Å². The van der Waals surface area contributed by atoms with E-state index in [4.69, 9.17) is 18.0 Å². The molecular formula is C11H21F3N2OS. The summed E-state index contributed by atoms with van der Waals surface area (Å²) in [6.45, 7) is 4.85. The molecule has 0 bridgehead atoms. The molecule has 0 heterocycles. The van der Waals surface area contributed by atoms with Gasteiger partial charge >= 0.3 is 6.18 Å². The summed E-state index contributed by atoms with van der Waals surface area (Å²) in [4.78, 5) is 2.43. The number of thiocarbonyl (C=S) groups is 1. The van der Waals surface area contributed by atoms with Crippen molar-refractivity contribution in [3.05, 3.63) is 0 Å². The number of nitrogens with zero attached hydrogens (tertiary/aromatic N) is 1. The zero-order valence-electron chi connectivity index (χ0n) is 10.8. The second-order valence-electron chi connectivity index (χ2n) is 4.58. The minimum Gasteiger partial charge on any atom is -0.393 e. The van der Waals surface area contributed by atoms with Gasteiger partial charge in [-0.25, -0.2) is 0 Å². The molecule has 0 radical (unpaired) electrons. The van der Waals surface area contributed by atoms with Gasteiger partial charge in [0.1, 0.15) is 6.61 Å². The fraction of sp³-hybridized carbons (Fsp3) is 0.909. The van der Waals surface area contributed by atoms with Crippen LogP contribution >= 0.6 is 12.2 Å². The molecule has 0 atom stereocenters. The van der Waals surface area contributed by atoms with E-state index >= 15 is 0 Å². The first kappa shape index (κ1) is 17.6. The molecule has 18 heavy (non-hydrogen) atoms. The Balaban J connectivity index is 3.89. The maximum absolute atomic E-state index is 11.9. The SMILES string of the molecule is CC(C)CN(CCOCC(F)(F)F)CCC(N)=S. The monoisotopic (exact) mass is 286 g/mol. The van der Waals surface area contributed by atoms with Crippen LogP contribution in [0.3, 0.4) is 0 Å². The Labute approximate surface area is 111 Å². The molecule has 3 nitrogen and oxygen atoms in total. The number of hydrogen-bond donors (Lipinski definition) is 1. The van der Waals surface area contributed by atoms with E-state index in [0.29, 0.717) is 30.4 Å². The van der Waals surface area contributed by atoms with Crippen LogP contribution in [-0.2, 0) is 4.74 Å². The van der Waals surface area contributed by atoms with Gasteiger partial charge in [0.2, 0.25) is 0 Å². The summed E-state index contributed by atoms with van der Waals surface area (Å²) >= 11 is 4.78. The summed E-state index contributed by atoms with van der Waals surface area (Å²) in [7, 11) is 0. The number of alkyl halides is 3. The van der Waals surface area contributed by atoms with Gasteiger partial charge in [0.25, 0.3) is 0 Å². The predicted octanol–water partition coefficient (Wildman–Crippen LogP) is 2.20. The first-order valence-electron chi connectivity index (χ1n) is 5.86. The summed E-state index contributed by atoms with van der Waals surface area (Å²) in [5.74, 6) is 0.430. The molecule has 0 saturated heterocycles. The molecule has 0 aromatic heterocycles. The van der Waals surface area contributed by atoms with E-state index in [2.05, 4.69) is 4.74 Å². The first-order valence-corrected chi connectivity index (χ1v) is 6.26. The van der Waals surface area contributed by atoms with Crippen molar-refractivity contribution in [3.8, 4) is 0 Å². The molecule has 0 aromatic carbocycles. The van der Waals surface area contributed by atoms with E-state index in [1.807, 2.05) is 18.7 Å². The second-order valence-corrected chi connectivity index (χ2v) is 5.10. The van der Waals surface area contributed by atoms with Gasteiger partial charge in [-0.05, 0) is 5.92 Å². The Hall–Kier alpha value is -0.400. The molecule has 0 aliphatic carbocycles. The van der Waals surface area contributed by atoms with Gasteiger partial charge in [-0.3, -0.25) is 0 Å². The highest BCUT2D eigenvalue weighted by Crippen LogP contribution is 2.14. The lowest BCUT2D eigenvalue weighted by Crippen LogP contribution is -2.34. The molecular weight excluding hydrogens is 265 g/mol. The van der Waals surface area contributed by atoms with Gasteiger partial charge in [-0.1, -0.05) is 26.1 Å². The molecule has 7 heteroatoms. The van der Waals surface area contributed by atoms with E-state index in [0.717, 1.165) is 6.54 Å². The van der Waals surface area contributed by atoms with E-state index < -0.39 is 12.8 Å². The summed E-state index contributed by atoms with van der Waals surface area (Å²) < 4.78 is 40.2. The van der Waals surface area contributed by atoms with Crippen molar-refractivity contribution in [2.24, 2.45) is 11.7 Å². The third-order valence-corrected chi connectivity index (χ3v) is 2.32. The molecule has 0 amide bonds. The van der Waals surface area contributed by atoms with E-state index in [1.54, 1.807) is 0 Å². The third-order valence-electron chi connectivity index (χ3n) is 2.12. The highest BCUT2D eigenvalue weighted by Gasteiger charge is 2.27. The quantitative estimate of drug-likeness (QED) is 0.521. The van der Waals surface area contributed by atoms with Gasteiger partial charge in [0.15, 0.2) is 0 Å². The van der Waals surface area contributed by atoms with Crippen molar-refractivity contribution in [2.75, 3.05) is 32.8 Å². The number of halogens is 3. The summed E-state index contributed by atoms with van der Waals surface area (Å²) in [5.41, 5.74) is 5.41. The Bertz CT molecular complexity index is 247. The highest BCUT2D eigenvalue weighted by atomic mass is 32.1. The second kappa shape index (κ2) is 8.66. The van der Waals surface area contributed by atoms with Crippen LogP contribution in [0.25, 0.3) is 0 Å². The van der Waals surface area contributed by atoms with Gasteiger partial charge in [-0.15, -0.1) is 0 Å². The standard InChI is InChI=1S/C11H21F3N2OS/c1-9(2)7-16(4-3-10(15)18)5-6-17-8-11(12,13)14/h9H,3-8H2,1-2H3,(H2,15,18). The van der Waals surface area contributed by atoms with Gasteiger partial charge in [0.05, 0.1) is 11.6 Å². The molecule has 0 fully saturated rings. The van der Waals surface area contributed by atoms with Crippen LogP contribution in [0.15, 0.2) is 0 Å². The average molecular weight is 286 g/mol. The Morgan fingerprint density at radius 1 is 1.33 bits per heavy atom. The highest BCUT2D eigenvalue weighted by molar-refractivity contribution is 7.80. The summed E-state index contributed by atoms with van der Waals surface area (Å²) in [6.07, 6.45) is -3.69. The van der Waals surface area contributed by atoms with Crippen molar-refractivity contribution >= 4 is 17.2 Å². The molecule has 0 aromatic rings. The predicted molar refractivity (Wildman–Crippen MR) is 69.6 cm³/mol. The number of hydrogen-bond acceptors (Lipinski definition) is 3. The van der Waals surface area contributed by atoms with Crippen LogP contribution < -0.4 is 5.73 Å². The molecule has 0 aliphatic heterocycles. The van der Waals surface area contributed by atoms with Crippen LogP contribution in [0, 0.1) is 5.92 Å². The molecule has 108 valence electrons. The fourth-order valence-electron chi connectivity index (χ4n) is 1.46. The van der Waals surface area contributed by atoms with Crippen molar-refractivity contribution in [2.45, 2.75) is 26.4 Å². The Kier molecular flexibility index (Phi) is 8.47. The zero-order valence-corrected chi connectivity index (χ0v) is 11.6. The minimum atomic E-state index is -4.26. The first-order chi connectivity index (χ1) is 8.20. The summed E-state index contributed by atoms with van der Waals surface area (Å²) in [6, 6.07) is 0. The van der Waals surface area contributed by atoms with E-state index in [-0.39, 0.29) is 6.61 Å². The average Bonchev–Trinajstić information content (AvgIpc) is 2.18. The Morgan fingerprint density at radius 3 is 2.39 bits per heavy atom. The normalized spacial score (nSPS) is 12.4. The molecule has 0 unspecified atom stereocenters. The van der Waals surface area contributed by atoms with Crippen molar-refractivity contribution < 1.29 is 17.9 Å². The van der Waals surface area contributed by atoms with Crippen LogP contribution in [0.2, 0.25) is 0 Å². The molecule has 0 rings (SSSR count).